The van der Waals surface area contributed by atoms with Crippen LogP contribution in [0.5, 0.6) is 0 Å². The molecule has 0 aliphatic carbocycles. The Labute approximate surface area is 72.4 Å². The quantitative estimate of drug-likeness (QED) is 0.488. The Morgan fingerprint density at radius 2 is 0.875 bits per heavy atom. The molecule has 6 nitrogen and oxygen atoms in total. The SMILES string of the molecule is [O]=[Ho](=[O])=[O].[O]=[Sm](=[O])=[O]. The molecule has 0 aliphatic rings. The third-order valence-corrected chi connectivity index (χ3v) is 0. The van der Waals surface area contributed by atoms with E-state index in [0.29, 0.717) is 0 Å². The van der Waals surface area contributed by atoms with E-state index < -0.39 is 66.8 Å². The molecule has 8 heteroatoms. The molecule has 0 amide bonds. The van der Waals surface area contributed by atoms with E-state index >= 15 is 0 Å². The molecule has 0 spiro atoms. The molecule has 0 bridgehead atoms. The van der Waals surface area contributed by atoms with Gasteiger partial charge in [0.15, 0.2) is 0 Å². The van der Waals surface area contributed by atoms with Gasteiger partial charge in [0.25, 0.3) is 0 Å². The Morgan fingerprint density at radius 3 is 0.875 bits per heavy atom. The molecule has 53 valence electrons. The summed E-state index contributed by atoms with van der Waals surface area (Å²) in [5.41, 5.74) is 0. The third-order valence-electron chi connectivity index (χ3n) is 0. The Bertz CT molecular complexity index is 177. The van der Waals surface area contributed by atoms with E-state index in [1.165, 1.54) is 0 Å². The molecule has 0 N–H and O–H groups in total. The van der Waals surface area contributed by atoms with Crippen molar-refractivity contribution >= 4 is 0 Å². The van der Waals surface area contributed by atoms with Gasteiger partial charge >= 0.3 is 74.4 Å². The number of rotatable bonds is 0. The summed E-state index contributed by atoms with van der Waals surface area (Å²) in [4.78, 5) is 0. The van der Waals surface area contributed by atoms with Crippen LogP contribution in [0.3, 0.4) is 0 Å². The molecule has 8 heavy (non-hydrogen) atoms. The summed E-state index contributed by atoms with van der Waals surface area (Å²) in [6.45, 7) is 0. The van der Waals surface area contributed by atoms with Crippen molar-refractivity contribution in [2.75, 3.05) is 0 Å². The van der Waals surface area contributed by atoms with E-state index in [0.717, 1.165) is 0 Å². The summed E-state index contributed by atoms with van der Waals surface area (Å²) in [6.07, 6.45) is 0. The molecular weight excluding hydrogens is 411 g/mol. The van der Waals surface area contributed by atoms with Crippen molar-refractivity contribution in [1.82, 2.24) is 0 Å². The van der Waals surface area contributed by atoms with Crippen molar-refractivity contribution in [2.45, 2.75) is 0 Å². The maximum atomic E-state index is 8.61. The molecule has 0 aromatic heterocycles. The average molecular weight is 411 g/mol. The second-order valence-corrected chi connectivity index (χ2v) is 2.63. The van der Waals surface area contributed by atoms with Gasteiger partial charge in [-0.3, -0.25) is 0 Å². The zero-order valence-electron chi connectivity index (χ0n) is 3.16. The van der Waals surface area contributed by atoms with Crippen LogP contribution in [0.25, 0.3) is 0 Å². The van der Waals surface area contributed by atoms with Crippen molar-refractivity contribution in [3.05, 3.63) is 0 Å². The third kappa shape index (κ3) is 155. The molecule has 0 aromatic carbocycles. The Balaban J connectivity index is 0. The first-order chi connectivity index (χ1) is 3.46. The summed E-state index contributed by atoms with van der Waals surface area (Å²) in [7, 11) is 0. The van der Waals surface area contributed by atoms with Crippen molar-refractivity contribution in [2.24, 2.45) is 0 Å². The van der Waals surface area contributed by atoms with Gasteiger partial charge in [-0.1, -0.05) is 0 Å². The van der Waals surface area contributed by atoms with E-state index in [4.69, 9.17) is 7.62 Å². The van der Waals surface area contributed by atoms with Gasteiger partial charge in [0.2, 0.25) is 0 Å². The van der Waals surface area contributed by atoms with Crippen LogP contribution in [0.4, 0.5) is 0 Å². The summed E-state index contributed by atoms with van der Waals surface area (Å²) in [5, 5.41) is 0. The summed E-state index contributed by atoms with van der Waals surface area (Å²) in [5.74, 6) is 0. The molecule has 0 heterocycles. The zero-order chi connectivity index (χ0) is 7.15. The van der Waals surface area contributed by atoms with E-state index in [2.05, 4.69) is 0 Å². The molecule has 0 aliphatic heterocycles. The van der Waals surface area contributed by atoms with Crippen molar-refractivity contribution in [3.8, 4) is 0 Å². The molecular formula is HoO6Sm. The predicted molar refractivity (Wildman–Crippen MR) is 4.12 cm³/mol. The zero-order valence-corrected chi connectivity index (χ0v) is 7.71. The van der Waals surface area contributed by atoms with Gasteiger partial charge in [0.1, 0.15) is 0 Å². The van der Waals surface area contributed by atoms with Gasteiger partial charge in [0.05, 0.1) is 0 Å². The molecule has 0 unspecified atom stereocenters. The van der Waals surface area contributed by atoms with Crippen LogP contribution >= 0.6 is 0 Å². The molecule has 0 saturated carbocycles. The van der Waals surface area contributed by atoms with Crippen molar-refractivity contribution in [3.63, 3.8) is 0 Å². The predicted octanol–water partition coefficient (Wildman–Crippen LogP) is -0.713. The fourth-order valence-corrected chi connectivity index (χ4v) is 0. The van der Waals surface area contributed by atoms with Crippen LogP contribution in [-0.4, -0.2) is 0 Å². The van der Waals surface area contributed by atoms with E-state index in [1.54, 1.807) is 0 Å². The fourth-order valence-electron chi connectivity index (χ4n) is 0. The van der Waals surface area contributed by atoms with Crippen LogP contribution in [0.2, 0.25) is 0 Å². The van der Waals surface area contributed by atoms with Crippen LogP contribution in [0.15, 0.2) is 0 Å². The molecule has 0 aromatic rings. The molecule has 0 atom stereocenters. The van der Waals surface area contributed by atoms with Crippen LogP contribution in [0.1, 0.15) is 0 Å². The minimum absolute atomic E-state index is 3.95. The molecule has 0 rings (SSSR count). The normalized spacial score (nSPS) is 8.25. The Kier molecular flexibility index (Phi) is 12.7. The van der Waals surface area contributed by atoms with E-state index in [-0.39, 0.29) is 0 Å². The van der Waals surface area contributed by atoms with Crippen molar-refractivity contribution in [1.29, 1.82) is 0 Å². The van der Waals surface area contributed by atoms with Gasteiger partial charge in [-0.05, 0) is 0 Å². The number of hydrogen-bond donors (Lipinski definition) is 0. The fraction of sp³-hybridized carbons (Fsp3) is 0. The minimum atomic E-state index is -4.28. The van der Waals surface area contributed by atoms with Crippen LogP contribution in [-0.2, 0) is 7.62 Å². The van der Waals surface area contributed by atoms with Crippen LogP contribution < -0.4 is 0 Å². The van der Waals surface area contributed by atoms with Crippen molar-refractivity contribution < 1.29 is 74.4 Å². The van der Waals surface area contributed by atoms with Gasteiger partial charge in [-0.2, -0.15) is 0 Å². The first kappa shape index (κ1) is 12.1. The summed E-state index contributed by atoms with van der Waals surface area (Å²) >= 11 is -8.23. The average Bonchev–Trinajstić information content (AvgIpc) is 1.25. The summed E-state index contributed by atoms with van der Waals surface area (Å²) in [6, 6.07) is 0. The van der Waals surface area contributed by atoms with Gasteiger partial charge < -0.3 is 0 Å². The van der Waals surface area contributed by atoms with Gasteiger partial charge in [-0.15, -0.1) is 0 Å². The first-order valence-electron chi connectivity index (χ1n) is 0.869. The molecule has 0 saturated heterocycles. The molecule has 0 fully saturated rings. The number of hydrogen-bond acceptors (Lipinski definition) is 6. The van der Waals surface area contributed by atoms with Gasteiger partial charge in [-0.25, -0.2) is 0 Å². The second kappa shape index (κ2) is 8.40. The molecule has 0 radical (unpaired) electrons. The monoisotopic (exact) mass is 413 g/mol. The maximum absolute atomic E-state index is 8.61. The van der Waals surface area contributed by atoms with Crippen LogP contribution in [0, 0.1) is 66.8 Å². The van der Waals surface area contributed by atoms with E-state index in [9.17, 15) is 0 Å². The van der Waals surface area contributed by atoms with Gasteiger partial charge in [0, 0.05) is 0 Å². The topological polar surface area (TPSA) is 102 Å². The summed E-state index contributed by atoms with van der Waals surface area (Å²) < 4.78 is 51.5. The first-order valence-corrected chi connectivity index (χ1v) is 6.45. The standard InChI is InChI=1S/Ho.6O.Sm. The second-order valence-electron chi connectivity index (χ2n) is 0.355. The Hall–Kier alpha value is 1.40. The van der Waals surface area contributed by atoms with E-state index in [1.807, 2.05) is 0 Å². The Morgan fingerprint density at radius 1 is 0.875 bits per heavy atom.